The van der Waals surface area contributed by atoms with Crippen LogP contribution in [0.2, 0.25) is 10.0 Å². The molecule has 0 aliphatic heterocycles. The maximum absolute atomic E-state index is 12.3. The number of halogens is 2. The average molecular weight is 487 g/mol. The number of nitrogens with one attached hydrogen (secondary N) is 2. The zero-order valence-corrected chi connectivity index (χ0v) is 19.8. The van der Waals surface area contributed by atoms with E-state index in [0.717, 1.165) is 18.4 Å². The minimum Gasteiger partial charge on any atom is -0.494 e. The van der Waals surface area contributed by atoms with Gasteiger partial charge in [0.05, 0.1) is 12.8 Å². The molecule has 2 N–H and O–H groups in total. The highest BCUT2D eigenvalue weighted by molar-refractivity contribution is 6.35. The Morgan fingerprint density at radius 3 is 2.48 bits per heavy atom. The maximum atomic E-state index is 12.3. The molecule has 6 nitrogen and oxygen atoms in total. The maximum Gasteiger partial charge on any atom is 0.248 e. The number of carbonyl (C=O) groups is 2. The molecule has 2 aromatic carbocycles. The van der Waals surface area contributed by atoms with Gasteiger partial charge in [0, 0.05) is 39.9 Å². The van der Waals surface area contributed by atoms with Gasteiger partial charge in [0.15, 0.2) is 0 Å². The first-order valence-corrected chi connectivity index (χ1v) is 11.2. The first-order valence-electron chi connectivity index (χ1n) is 10.4. The number of hydrogen-bond acceptors (Lipinski definition) is 4. The molecule has 1 heterocycles. The highest BCUT2D eigenvalue weighted by Crippen LogP contribution is 2.30. The molecular weight excluding hydrogens is 463 g/mol. The Morgan fingerprint density at radius 2 is 1.79 bits per heavy atom. The van der Waals surface area contributed by atoms with Crippen LogP contribution in [-0.2, 0) is 9.59 Å². The molecular formula is C25H24Cl2N2O4. The summed E-state index contributed by atoms with van der Waals surface area (Å²) in [6, 6.07) is 13.7. The zero-order valence-electron chi connectivity index (χ0n) is 18.3. The summed E-state index contributed by atoms with van der Waals surface area (Å²) in [5.74, 6) is 1.12. The molecule has 0 fully saturated rings. The number of amides is 2. The summed E-state index contributed by atoms with van der Waals surface area (Å²) in [6.07, 6.45) is 5.13. The van der Waals surface area contributed by atoms with Gasteiger partial charge < -0.3 is 19.8 Å². The Labute approximate surface area is 202 Å². The van der Waals surface area contributed by atoms with Crippen LogP contribution in [0.15, 0.2) is 59.0 Å². The fourth-order valence-corrected chi connectivity index (χ4v) is 3.58. The monoisotopic (exact) mass is 486 g/mol. The number of ether oxygens (including phenoxy) is 1. The fraction of sp³-hybridized carbons (Fsp3) is 0.200. The van der Waals surface area contributed by atoms with E-state index in [0.29, 0.717) is 45.1 Å². The van der Waals surface area contributed by atoms with Gasteiger partial charge in [-0.05, 0) is 55.0 Å². The second kappa shape index (κ2) is 11.6. The van der Waals surface area contributed by atoms with Crippen molar-refractivity contribution in [3.05, 3.63) is 70.4 Å². The molecule has 0 aliphatic rings. The summed E-state index contributed by atoms with van der Waals surface area (Å²) in [7, 11) is 1.50. The van der Waals surface area contributed by atoms with E-state index in [4.69, 9.17) is 32.4 Å². The molecule has 3 aromatic rings. The van der Waals surface area contributed by atoms with Crippen molar-refractivity contribution in [3.8, 4) is 17.1 Å². The van der Waals surface area contributed by atoms with E-state index >= 15 is 0 Å². The van der Waals surface area contributed by atoms with E-state index < -0.39 is 0 Å². The van der Waals surface area contributed by atoms with Gasteiger partial charge in [-0.2, -0.15) is 0 Å². The van der Waals surface area contributed by atoms with E-state index in [1.165, 1.54) is 13.2 Å². The van der Waals surface area contributed by atoms with Gasteiger partial charge in [0.1, 0.15) is 17.3 Å². The molecule has 1 aromatic heterocycles. The minimum absolute atomic E-state index is 0.0762. The minimum atomic E-state index is -0.347. The van der Waals surface area contributed by atoms with Crippen LogP contribution in [0.25, 0.3) is 17.4 Å². The topological polar surface area (TPSA) is 80.6 Å². The molecule has 172 valence electrons. The first-order chi connectivity index (χ1) is 15.9. The van der Waals surface area contributed by atoms with Crippen molar-refractivity contribution in [3.63, 3.8) is 0 Å². The zero-order chi connectivity index (χ0) is 23.8. The first kappa shape index (κ1) is 24.4. The largest absolute Gasteiger partial charge is 0.494 e. The number of carbonyl (C=O) groups excluding carboxylic acids is 2. The van der Waals surface area contributed by atoms with Crippen LogP contribution in [-0.4, -0.2) is 18.9 Å². The number of benzene rings is 2. The normalized spacial score (nSPS) is 10.9. The van der Waals surface area contributed by atoms with Crippen molar-refractivity contribution in [1.29, 1.82) is 0 Å². The van der Waals surface area contributed by atoms with Crippen molar-refractivity contribution < 1.29 is 18.7 Å². The third kappa shape index (κ3) is 7.14. The molecule has 33 heavy (non-hydrogen) atoms. The van der Waals surface area contributed by atoms with Crippen molar-refractivity contribution in [2.45, 2.75) is 26.2 Å². The molecule has 3 rings (SSSR count). The Bertz CT molecular complexity index is 1150. The summed E-state index contributed by atoms with van der Waals surface area (Å²) < 4.78 is 11.1. The summed E-state index contributed by atoms with van der Waals surface area (Å²) in [5, 5.41) is 6.60. The molecule has 0 saturated carbocycles. The Morgan fingerprint density at radius 1 is 1.03 bits per heavy atom. The van der Waals surface area contributed by atoms with E-state index in [9.17, 15) is 9.59 Å². The molecule has 0 saturated heterocycles. The van der Waals surface area contributed by atoms with Gasteiger partial charge in [0.25, 0.3) is 0 Å². The lowest BCUT2D eigenvalue weighted by molar-refractivity contribution is -0.116. The number of hydrogen-bond donors (Lipinski definition) is 2. The molecule has 0 bridgehead atoms. The van der Waals surface area contributed by atoms with Gasteiger partial charge in [-0.3, -0.25) is 9.59 Å². The van der Waals surface area contributed by atoms with Gasteiger partial charge in [0.2, 0.25) is 11.8 Å². The Hall–Kier alpha value is -3.22. The van der Waals surface area contributed by atoms with Gasteiger partial charge in [-0.25, -0.2) is 0 Å². The molecule has 0 radical (unpaired) electrons. The van der Waals surface area contributed by atoms with Crippen molar-refractivity contribution in [1.82, 2.24) is 0 Å². The smallest absolute Gasteiger partial charge is 0.248 e. The molecule has 2 amide bonds. The number of anilines is 2. The van der Waals surface area contributed by atoms with Gasteiger partial charge >= 0.3 is 0 Å². The van der Waals surface area contributed by atoms with Crippen LogP contribution >= 0.6 is 23.2 Å². The second-order valence-electron chi connectivity index (χ2n) is 7.25. The number of methoxy groups -OCH3 is 1. The third-order valence-corrected chi connectivity index (χ3v) is 5.11. The van der Waals surface area contributed by atoms with E-state index in [1.54, 1.807) is 54.6 Å². The highest BCUT2D eigenvalue weighted by atomic mass is 35.5. The number of furan rings is 1. The Balaban J connectivity index is 1.63. The van der Waals surface area contributed by atoms with Crippen molar-refractivity contribution >= 4 is 52.5 Å². The fourth-order valence-electron chi connectivity index (χ4n) is 3.06. The lowest BCUT2D eigenvalue weighted by atomic mass is 10.2. The lowest BCUT2D eigenvalue weighted by Crippen LogP contribution is -2.12. The molecule has 0 atom stereocenters. The molecule has 0 spiro atoms. The SMILES string of the molecule is CCCCC(=O)Nc1ccc(NC(=O)/C=C/c2ccc(-c3cc(Cl)cc(Cl)c3)o2)cc1OC. The van der Waals surface area contributed by atoms with E-state index in [-0.39, 0.29) is 11.8 Å². The molecule has 8 heteroatoms. The van der Waals surface area contributed by atoms with Crippen molar-refractivity contribution in [2.24, 2.45) is 0 Å². The summed E-state index contributed by atoms with van der Waals surface area (Å²) in [4.78, 5) is 24.3. The molecule has 0 aliphatic carbocycles. The van der Waals surface area contributed by atoms with E-state index in [2.05, 4.69) is 10.6 Å². The van der Waals surface area contributed by atoms with Gasteiger partial charge in [-0.15, -0.1) is 0 Å². The average Bonchev–Trinajstić information content (AvgIpc) is 3.26. The molecule has 0 unspecified atom stereocenters. The summed E-state index contributed by atoms with van der Waals surface area (Å²) >= 11 is 12.1. The lowest BCUT2D eigenvalue weighted by Gasteiger charge is -2.12. The second-order valence-corrected chi connectivity index (χ2v) is 8.12. The predicted molar refractivity (Wildman–Crippen MR) is 133 cm³/mol. The number of rotatable bonds is 9. The van der Waals surface area contributed by atoms with Gasteiger partial charge in [-0.1, -0.05) is 36.5 Å². The third-order valence-electron chi connectivity index (χ3n) is 4.67. The highest BCUT2D eigenvalue weighted by Gasteiger charge is 2.10. The van der Waals surface area contributed by atoms with Crippen LogP contribution in [0.5, 0.6) is 5.75 Å². The summed E-state index contributed by atoms with van der Waals surface area (Å²) in [6.45, 7) is 2.03. The van der Waals surface area contributed by atoms with Crippen LogP contribution in [0.1, 0.15) is 31.9 Å². The Kier molecular flexibility index (Phi) is 8.58. The predicted octanol–water partition coefficient (Wildman–Crippen LogP) is 7.04. The standard InChI is InChI=1S/C25H24Cl2N2O4/c1-3-4-5-24(30)29-21-9-6-19(15-23(21)32-2)28-25(31)11-8-20-7-10-22(33-20)16-12-17(26)14-18(27)13-16/h6-15H,3-5H2,1-2H3,(H,28,31)(H,29,30)/b11-8+. The van der Waals surface area contributed by atoms with Crippen molar-refractivity contribution in [2.75, 3.05) is 17.7 Å². The van der Waals surface area contributed by atoms with E-state index in [1.807, 2.05) is 6.92 Å². The van der Waals surface area contributed by atoms with Crippen LogP contribution < -0.4 is 15.4 Å². The van der Waals surface area contributed by atoms with Crippen LogP contribution in [0.4, 0.5) is 11.4 Å². The summed E-state index contributed by atoms with van der Waals surface area (Å²) in [5.41, 5.74) is 1.82. The van der Waals surface area contributed by atoms with Crippen LogP contribution in [0, 0.1) is 0 Å². The number of unbranched alkanes of at least 4 members (excludes halogenated alkanes) is 1. The quantitative estimate of drug-likeness (QED) is 0.317. The van der Waals surface area contributed by atoms with Crippen LogP contribution in [0.3, 0.4) is 0 Å².